The maximum absolute atomic E-state index is 13.2. The van der Waals surface area contributed by atoms with Crippen LogP contribution in [-0.4, -0.2) is 14.8 Å². The highest BCUT2D eigenvalue weighted by atomic mass is 19.1. The number of aromatic nitrogens is 3. The highest BCUT2D eigenvalue weighted by Gasteiger charge is 2.10. The highest BCUT2D eigenvalue weighted by molar-refractivity contribution is 5.33. The van der Waals surface area contributed by atoms with E-state index in [0.29, 0.717) is 12.2 Å². The van der Waals surface area contributed by atoms with Crippen LogP contribution in [0, 0.1) is 5.82 Å². The summed E-state index contributed by atoms with van der Waals surface area (Å²) in [5.74, 6) is 0.249. The minimum absolute atomic E-state index is 0.299. The van der Waals surface area contributed by atoms with Gasteiger partial charge in [0, 0.05) is 6.42 Å². The minimum atomic E-state index is -0.303. The van der Waals surface area contributed by atoms with Crippen LogP contribution in [0.4, 0.5) is 4.39 Å². The second kappa shape index (κ2) is 5.13. The molecule has 0 amide bonds. The van der Waals surface area contributed by atoms with Gasteiger partial charge in [-0.25, -0.2) is 18.9 Å². The van der Waals surface area contributed by atoms with Gasteiger partial charge in [0.2, 0.25) is 0 Å². The van der Waals surface area contributed by atoms with Crippen molar-refractivity contribution in [3.63, 3.8) is 0 Å². The van der Waals surface area contributed by atoms with E-state index in [1.807, 2.05) is 30.3 Å². The number of halogens is 1. The normalized spacial score (nSPS) is 10.7. The molecule has 0 bridgehead atoms. The van der Waals surface area contributed by atoms with E-state index >= 15 is 0 Å². The van der Waals surface area contributed by atoms with Crippen LogP contribution in [0.15, 0.2) is 59.4 Å². The van der Waals surface area contributed by atoms with Gasteiger partial charge in [0.25, 0.3) is 0 Å². The largest absolute Gasteiger partial charge is 0.347 e. The summed E-state index contributed by atoms with van der Waals surface area (Å²) in [5.41, 5.74) is 1.20. The van der Waals surface area contributed by atoms with Gasteiger partial charge in [-0.15, -0.1) is 0 Å². The molecule has 0 radical (unpaired) electrons. The molecular formula is C15H12FN3O. The summed E-state index contributed by atoms with van der Waals surface area (Å²) in [4.78, 5) is 11.9. The molecule has 5 heteroatoms. The molecule has 0 aliphatic carbocycles. The average molecular weight is 269 g/mol. The van der Waals surface area contributed by atoms with E-state index in [1.54, 1.807) is 12.1 Å². The number of hydrogen-bond acceptors (Lipinski definition) is 2. The van der Waals surface area contributed by atoms with E-state index in [1.165, 1.54) is 16.7 Å². The first-order valence-corrected chi connectivity index (χ1v) is 6.20. The van der Waals surface area contributed by atoms with Gasteiger partial charge in [-0.2, -0.15) is 5.10 Å². The van der Waals surface area contributed by atoms with Crippen LogP contribution < -0.4 is 5.69 Å². The van der Waals surface area contributed by atoms with E-state index in [0.717, 1.165) is 11.3 Å². The van der Waals surface area contributed by atoms with Crippen LogP contribution in [-0.2, 0) is 6.42 Å². The fourth-order valence-corrected chi connectivity index (χ4v) is 2.12. The van der Waals surface area contributed by atoms with Crippen LogP contribution >= 0.6 is 0 Å². The second-order valence-corrected chi connectivity index (χ2v) is 4.42. The Hall–Kier alpha value is -2.69. The van der Waals surface area contributed by atoms with Gasteiger partial charge in [-0.1, -0.05) is 30.3 Å². The van der Waals surface area contributed by atoms with Gasteiger partial charge in [0.05, 0.1) is 5.69 Å². The third-order valence-corrected chi connectivity index (χ3v) is 3.01. The number of aromatic amines is 1. The molecule has 2 aromatic carbocycles. The first-order valence-electron chi connectivity index (χ1n) is 6.20. The maximum atomic E-state index is 13.2. The summed E-state index contributed by atoms with van der Waals surface area (Å²) in [6, 6.07) is 15.5. The topological polar surface area (TPSA) is 50.7 Å². The lowest BCUT2D eigenvalue weighted by atomic mass is 10.1. The predicted molar refractivity (Wildman–Crippen MR) is 73.4 cm³/mol. The van der Waals surface area contributed by atoms with Crippen molar-refractivity contribution in [1.29, 1.82) is 0 Å². The molecule has 1 aromatic heterocycles. The lowest BCUT2D eigenvalue weighted by Crippen LogP contribution is -2.17. The fourth-order valence-electron chi connectivity index (χ4n) is 2.12. The zero-order valence-electron chi connectivity index (χ0n) is 10.6. The minimum Gasteiger partial charge on any atom is -0.247 e. The van der Waals surface area contributed by atoms with Crippen molar-refractivity contribution in [3.05, 3.63) is 82.3 Å². The molecule has 3 aromatic rings. The smallest absolute Gasteiger partial charge is 0.247 e. The van der Waals surface area contributed by atoms with Crippen LogP contribution in [0.3, 0.4) is 0 Å². The zero-order valence-corrected chi connectivity index (χ0v) is 10.6. The van der Waals surface area contributed by atoms with Gasteiger partial charge >= 0.3 is 5.69 Å². The first-order chi connectivity index (χ1) is 9.74. The summed E-state index contributed by atoms with van der Waals surface area (Å²) < 4.78 is 14.7. The number of benzene rings is 2. The Morgan fingerprint density at radius 1 is 1.10 bits per heavy atom. The van der Waals surface area contributed by atoms with Crippen molar-refractivity contribution >= 4 is 0 Å². The van der Waals surface area contributed by atoms with Crippen LogP contribution in [0.2, 0.25) is 0 Å². The van der Waals surface area contributed by atoms with Gasteiger partial charge in [0.1, 0.15) is 11.6 Å². The molecule has 20 heavy (non-hydrogen) atoms. The Bertz CT molecular complexity index is 777. The summed E-state index contributed by atoms with van der Waals surface area (Å²) in [6.45, 7) is 0. The maximum Gasteiger partial charge on any atom is 0.347 e. The molecule has 0 aliphatic heterocycles. The van der Waals surface area contributed by atoms with E-state index in [4.69, 9.17) is 0 Å². The zero-order chi connectivity index (χ0) is 13.9. The molecule has 0 unspecified atom stereocenters. The standard InChI is InChI=1S/C15H12FN3O/c16-12-6-4-5-11(9-12)10-14-17-18-15(20)19(14)13-7-2-1-3-8-13/h1-9H,10H2,(H,18,20). The van der Waals surface area contributed by atoms with Gasteiger partial charge in [-0.3, -0.25) is 0 Å². The van der Waals surface area contributed by atoms with Crippen molar-refractivity contribution in [2.24, 2.45) is 0 Å². The van der Waals surface area contributed by atoms with Crippen molar-refractivity contribution in [2.75, 3.05) is 0 Å². The molecule has 0 atom stereocenters. The number of para-hydroxylation sites is 1. The van der Waals surface area contributed by atoms with E-state index in [2.05, 4.69) is 10.2 Å². The Balaban J connectivity index is 2.02. The quantitative estimate of drug-likeness (QED) is 0.793. The van der Waals surface area contributed by atoms with Crippen LogP contribution in [0.5, 0.6) is 0 Å². The third-order valence-electron chi connectivity index (χ3n) is 3.01. The molecule has 0 saturated heterocycles. The molecule has 1 N–H and O–H groups in total. The Morgan fingerprint density at radius 2 is 1.90 bits per heavy atom. The Morgan fingerprint density at radius 3 is 2.65 bits per heavy atom. The van der Waals surface area contributed by atoms with Crippen LogP contribution in [0.1, 0.15) is 11.4 Å². The molecular weight excluding hydrogens is 257 g/mol. The van der Waals surface area contributed by atoms with Crippen molar-refractivity contribution in [2.45, 2.75) is 6.42 Å². The summed E-state index contributed by atoms with van der Waals surface area (Å²) >= 11 is 0. The number of rotatable bonds is 3. The van der Waals surface area contributed by atoms with E-state index < -0.39 is 0 Å². The molecule has 3 rings (SSSR count). The Kier molecular flexibility index (Phi) is 3.16. The molecule has 4 nitrogen and oxygen atoms in total. The molecule has 100 valence electrons. The number of nitrogens with zero attached hydrogens (tertiary/aromatic N) is 2. The van der Waals surface area contributed by atoms with Crippen molar-refractivity contribution in [1.82, 2.24) is 14.8 Å². The Labute approximate surface area is 114 Å². The number of hydrogen-bond donors (Lipinski definition) is 1. The lowest BCUT2D eigenvalue weighted by molar-refractivity contribution is 0.625. The van der Waals surface area contributed by atoms with Gasteiger partial charge in [-0.05, 0) is 29.8 Å². The summed E-state index contributed by atoms with van der Waals surface area (Å²) in [7, 11) is 0. The van der Waals surface area contributed by atoms with Crippen molar-refractivity contribution in [3.8, 4) is 5.69 Å². The van der Waals surface area contributed by atoms with E-state index in [-0.39, 0.29) is 11.5 Å². The monoisotopic (exact) mass is 269 g/mol. The average Bonchev–Trinajstić information content (AvgIpc) is 2.81. The van der Waals surface area contributed by atoms with Crippen LogP contribution in [0.25, 0.3) is 5.69 Å². The number of nitrogens with one attached hydrogen (secondary N) is 1. The molecule has 0 fully saturated rings. The summed E-state index contributed by atoms with van der Waals surface area (Å²) in [5, 5.41) is 6.45. The fraction of sp³-hybridized carbons (Fsp3) is 0.0667. The molecule has 0 spiro atoms. The molecule has 1 heterocycles. The number of H-pyrrole nitrogens is 1. The third kappa shape index (κ3) is 2.38. The highest BCUT2D eigenvalue weighted by Crippen LogP contribution is 2.11. The SMILES string of the molecule is O=c1[nH]nc(Cc2cccc(F)c2)n1-c1ccccc1. The van der Waals surface area contributed by atoms with Gasteiger partial charge in [0.15, 0.2) is 0 Å². The molecule has 0 aliphatic rings. The second-order valence-electron chi connectivity index (χ2n) is 4.42. The van der Waals surface area contributed by atoms with Crippen molar-refractivity contribution < 1.29 is 4.39 Å². The lowest BCUT2D eigenvalue weighted by Gasteiger charge is -2.05. The van der Waals surface area contributed by atoms with E-state index in [9.17, 15) is 9.18 Å². The summed E-state index contributed by atoms with van der Waals surface area (Å²) in [6.07, 6.45) is 0.380. The predicted octanol–water partition coefficient (Wildman–Crippen LogP) is 2.29. The van der Waals surface area contributed by atoms with Gasteiger partial charge < -0.3 is 0 Å². The first kappa shape index (κ1) is 12.3. The molecule has 0 saturated carbocycles.